The summed E-state index contributed by atoms with van der Waals surface area (Å²) in [7, 11) is 2.60. The minimum atomic E-state index is -4.53. The summed E-state index contributed by atoms with van der Waals surface area (Å²) >= 11 is 0. The number of aromatic nitrogens is 1. The van der Waals surface area contributed by atoms with E-state index in [1.54, 1.807) is 26.8 Å². The van der Waals surface area contributed by atoms with Gasteiger partial charge in [0.15, 0.2) is 0 Å². The molecule has 208 valence electrons. The smallest absolute Gasteiger partial charge is 0.415 e. The molecule has 2 amide bonds. The zero-order chi connectivity index (χ0) is 29.1. The van der Waals surface area contributed by atoms with Gasteiger partial charge in [-0.05, 0) is 51.0 Å². The lowest BCUT2D eigenvalue weighted by Gasteiger charge is -2.27. The molecule has 0 aliphatic rings. The van der Waals surface area contributed by atoms with Crippen molar-refractivity contribution in [3.63, 3.8) is 0 Å². The second-order valence-electron chi connectivity index (χ2n) is 9.46. The number of halogens is 4. The van der Waals surface area contributed by atoms with Crippen LogP contribution in [0.25, 0.3) is 10.9 Å². The van der Waals surface area contributed by atoms with E-state index in [1.165, 1.54) is 32.4 Å². The van der Waals surface area contributed by atoms with Crippen LogP contribution in [-0.4, -0.2) is 49.0 Å². The number of nitrogens with one attached hydrogen (secondary N) is 1. The zero-order valence-electron chi connectivity index (χ0n) is 22.0. The van der Waals surface area contributed by atoms with Crippen molar-refractivity contribution >= 4 is 34.3 Å². The maximum Gasteiger partial charge on any atom is 0.415 e. The number of carbonyl (C=O) groups excluding carboxylic acids is 2. The molecule has 0 unspecified atom stereocenters. The first kappa shape index (κ1) is 29.2. The number of fused-ring (bicyclic) bond motifs is 1. The number of nitrogens with zero attached hydrogens (tertiary/aromatic N) is 2. The van der Waals surface area contributed by atoms with Crippen LogP contribution >= 0.6 is 0 Å². The van der Waals surface area contributed by atoms with Crippen LogP contribution in [0.3, 0.4) is 0 Å². The Bertz CT molecular complexity index is 1460. The number of hydrogen-bond acceptors (Lipinski definition) is 5. The second-order valence-corrected chi connectivity index (χ2v) is 9.46. The van der Waals surface area contributed by atoms with Crippen molar-refractivity contribution in [3.05, 3.63) is 53.5 Å². The summed E-state index contributed by atoms with van der Waals surface area (Å²) in [5.41, 5.74) is 5.14. The van der Waals surface area contributed by atoms with Crippen LogP contribution in [0.2, 0.25) is 0 Å². The van der Waals surface area contributed by atoms with Crippen LogP contribution in [0.5, 0.6) is 5.75 Å². The van der Waals surface area contributed by atoms with Gasteiger partial charge >= 0.3 is 12.3 Å². The van der Waals surface area contributed by atoms with Gasteiger partial charge in [-0.1, -0.05) is 12.0 Å². The molecule has 0 fully saturated rings. The topological polar surface area (TPSA) is 98.8 Å². The van der Waals surface area contributed by atoms with E-state index in [1.807, 2.05) is 0 Å². The number of rotatable bonds is 5. The van der Waals surface area contributed by atoms with E-state index in [0.717, 1.165) is 21.6 Å². The van der Waals surface area contributed by atoms with Crippen molar-refractivity contribution in [2.24, 2.45) is 0 Å². The number of amides is 2. The molecule has 0 spiro atoms. The molecule has 39 heavy (non-hydrogen) atoms. The lowest BCUT2D eigenvalue weighted by molar-refractivity contribution is -0.140. The van der Waals surface area contributed by atoms with Crippen LogP contribution in [0.15, 0.2) is 36.4 Å². The minimum absolute atomic E-state index is 0.0116. The van der Waals surface area contributed by atoms with E-state index >= 15 is 0 Å². The Labute approximate surface area is 222 Å². The maximum atomic E-state index is 14.9. The normalized spacial score (nSPS) is 11.5. The molecular formula is C27H28F4N4O4. The first-order valence-corrected chi connectivity index (χ1v) is 11.7. The van der Waals surface area contributed by atoms with Crippen molar-refractivity contribution in [1.82, 2.24) is 9.88 Å². The predicted octanol–water partition coefficient (Wildman–Crippen LogP) is 5.09. The van der Waals surface area contributed by atoms with Gasteiger partial charge < -0.3 is 25.1 Å². The molecule has 0 saturated heterocycles. The number of methoxy groups -OCH3 is 1. The summed E-state index contributed by atoms with van der Waals surface area (Å²) in [6, 6.07) is 8.08. The van der Waals surface area contributed by atoms with Gasteiger partial charge in [-0.15, -0.1) is 0 Å². The number of hydrogen-bond donors (Lipinski definition) is 2. The highest BCUT2D eigenvalue weighted by molar-refractivity contribution is 5.97. The quantitative estimate of drug-likeness (QED) is 0.263. The average molecular weight is 549 g/mol. The molecule has 12 heteroatoms. The van der Waals surface area contributed by atoms with Gasteiger partial charge in [0.2, 0.25) is 0 Å². The van der Waals surface area contributed by atoms with Gasteiger partial charge in [0, 0.05) is 24.2 Å². The highest BCUT2D eigenvalue weighted by atomic mass is 19.4. The Balaban J connectivity index is 2.10. The summed E-state index contributed by atoms with van der Waals surface area (Å²) in [6.45, 7) is 3.16. The van der Waals surface area contributed by atoms with E-state index in [2.05, 4.69) is 17.2 Å². The molecule has 2 aromatic carbocycles. The van der Waals surface area contributed by atoms with Gasteiger partial charge in [-0.3, -0.25) is 9.69 Å². The third kappa shape index (κ3) is 6.93. The maximum absolute atomic E-state index is 14.9. The molecule has 3 N–H and O–H groups in total. The molecule has 1 heterocycles. The SMILES string of the molecule is CNC(=O)c1cc(OC)c(N(CC#Cc2cc3c(N)cccc3n2CC(F)(F)F)C(=O)OC(C)(C)C)cc1F. The van der Waals surface area contributed by atoms with Crippen molar-refractivity contribution in [3.8, 4) is 17.6 Å². The Morgan fingerprint density at radius 3 is 2.44 bits per heavy atom. The largest absolute Gasteiger partial charge is 0.495 e. The predicted molar refractivity (Wildman–Crippen MR) is 139 cm³/mol. The first-order chi connectivity index (χ1) is 18.1. The minimum Gasteiger partial charge on any atom is -0.495 e. The number of alkyl halides is 3. The number of carbonyl (C=O) groups is 2. The average Bonchev–Trinajstić information content (AvgIpc) is 3.17. The third-order valence-electron chi connectivity index (χ3n) is 5.42. The standard InChI is InChI=1S/C27H28F4N4O4/c1-26(2,3)39-25(37)34(22-14-19(28)17(24(36)33-4)13-23(22)38-5)11-7-8-16-12-18-20(32)9-6-10-21(18)35(16)15-27(29,30)31/h6,9-10,12-14H,11,15,32H2,1-5H3,(H,33,36). The lowest BCUT2D eigenvalue weighted by atomic mass is 10.1. The highest BCUT2D eigenvalue weighted by Gasteiger charge is 2.30. The summed E-state index contributed by atoms with van der Waals surface area (Å²) in [5, 5.41) is 2.70. The van der Waals surface area contributed by atoms with Gasteiger partial charge in [0.1, 0.15) is 23.7 Å². The Kier molecular flexibility index (Phi) is 8.33. The summed E-state index contributed by atoms with van der Waals surface area (Å²) in [5.74, 6) is 3.68. The van der Waals surface area contributed by atoms with Gasteiger partial charge in [0.25, 0.3) is 5.91 Å². The van der Waals surface area contributed by atoms with E-state index < -0.39 is 42.7 Å². The van der Waals surface area contributed by atoms with Crippen LogP contribution in [-0.2, 0) is 11.3 Å². The van der Waals surface area contributed by atoms with Gasteiger partial charge in [0.05, 0.1) is 36.1 Å². The number of nitrogens with two attached hydrogens (primary N) is 1. The van der Waals surface area contributed by atoms with E-state index in [-0.39, 0.29) is 33.9 Å². The third-order valence-corrected chi connectivity index (χ3v) is 5.42. The van der Waals surface area contributed by atoms with E-state index in [4.69, 9.17) is 15.2 Å². The van der Waals surface area contributed by atoms with Crippen LogP contribution in [0.1, 0.15) is 36.8 Å². The molecule has 0 aliphatic carbocycles. The number of nitrogen functional groups attached to an aromatic ring is 1. The number of benzene rings is 2. The van der Waals surface area contributed by atoms with Crippen LogP contribution < -0.4 is 20.7 Å². The summed E-state index contributed by atoms with van der Waals surface area (Å²) in [6.07, 6.45) is -5.45. The summed E-state index contributed by atoms with van der Waals surface area (Å²) in [4.78, 5) is 26.1. The van der Waals surface area contributed by atoms with Crippen molar-refractivity contribution in [2.75, 3.05) is 31.3 Å². The molecule has 3 rings (SSSR count). The van der Waals surface area contributed by atoms with Crippen LogP contribution in [0, 0.1) is 17.7 Å². The molecule has 8 nitrogen and oxygen atoms in total. The van der Waals surface area contributed by atoms with Gasteiger partial charge in [-0.2, -0.15) is 13.2 Å². The van der Waals surface area contributed by atoms with Gasteiger partial charge in [-0.25, -0.2) is 9.18 Å². The molecule has 0 atom stereocenters. The molecule has 0 bridgehead atoms. The number of anilines is 2. The molecule has 3 aromatic rings. The fourth-order valence-electron chi connectivity index (χ4n) is 3.76. The second kappa shape index (κ2) is 11.1. The monoisotopic (exact) mass is 548 g/mol. The molecule has 0 aliphatic heterocycles. The molecule has 0 radical (unpaired) electrons. The Hall–Kier alpha value is -4.40. The molecular weight excluding hydrogens is 520 g/mol. The molecule has 1 aromatic heterocycles. The Morgan fingerprint density at radius 2 is 1.85 bits per heavy atom. The zero-order valence-corrected chi connectivity index (χ0v) is 22.0. The Morgan fingerprint density at radius 1 is 1.15 bits per heavy atom. The van der Waals surface area contributed by atoms with Crippen molar-refractivity contribution < 1.29 is 36.6 Å². The molecule has 0 saturated carbocycles. The van der Waals surface area contributed by atoms with Crippen LogP contribution in [0.4, 0.5) is 33.7 Å². The fourth-order valence-corrected chi connectivity index (χ4v) is 3.76. The fraction of sp³-hybridized carbons (Fsp3) is 0.333. The lowest BCUT2D eigenvalue weighted by Crippen LogP contribution is -2.37. The number of ether oxygens (including phenoxy) is 2. The first-order valence-electron chi connectivity index (χ1n) is 11.7. The van der Waals surface area contributed by atoms with E-state index in [0.29, 0.717) is 5.39 Å². The van der Waals surface area contributed by atoms with E-state index in [9.17, 15) is 27.2 Å². The summed E-state index contributed by atoms with van der Waals surface area (Å²) < 4.78 is 66.6. The van der Waals surface area contributed by atoms with Crippen molar-refractivity contribution in [2.45, 2.75) is 39.1 Å². The van der Waals surface area contributed by atoms with Crippen molar-refractivity contribution in [1.29, 1.82) is 0 Å². The highest BCUT2D eigenvalue weighted by Crippen LogP contribution is 2.33.